The standard InChI is InChI=1S/C15H24N2OS/c1-3-15(4-2)7-9-17(10-8-15)14(18)13(16)12-6-5-11-19-12/h5-6,11,13H,3-4,7-10,16H2,1-2H3. The van der Waals surface area contributed by atoms with Crippen LogP contribution in [0.1, 0.15) is 50.4 Å². The highest BCUT2D eigenvalue weighted by molar-refractivity contribution is 7.10. The molecule has 1 aliphatic heterocycles. The maximum atomic E-state index is 12.4. The number of hydrogen-bond donors (Lipinski definition) is 1. The van der Waals surface area contributed by atoms with E-state index >= 15 is 0 Å². The van der Waals surface area contributed by atoms with E-state index in [1.165, 1.54) is 12.8 Å². The van der Waals surface area contributed by atoms with Crippen molar-refractivity contribution in [3.63, 3.8) is 0 Å². The largest absolute Gasteiger partial charge is 0.341 e. The van der Waals surface area contributed by atoms with Gasteiger partial charge in [0.1, 0.15) is 6.04 Å². The molecule has 0 spiro atoms. The van der Waals surface area contributed by atoms with E-state index < -0.39 is 6.04 Å². The minimum Gasteiger partial charge on any atom is -0.341 e. The van der Waals surface area contributed by atoms with Gasteiger partial charge in [-0.25, -0.2) is 0 Å². The number of rotatable bonds is 4. The molecule has 1 aromatic rings. The van der Waals surface area contributed by atoms with Crippen LogP contribution in [0.4, 0.5) is 0 Å². The summed E-state index contributed by atoms with van der Waals surface area (Å²) in [7, 11) is 0. The zero-order chi connectivity index (χ0) is 13.9. The first-order valence-corrected chi connectivity index (χ1v) is 8.07. The lowest BCUT2D eigenvalue weighted by Crippen LogP contribution is -2.46. The van der Waals surface area contributed by atoms with Gasteiger partial charge in [0.2, 0.25) is 5.91 Å². The van der Waals surface area contributed by atoms with E-state index in [1.54, 1.807) is 11.3 Å². The Morgan fingerprint density at radius 3 is 2.53 bits per heavy atom. The summed E-state index contributed by atoms with van der Waals surface area (Å²) >= 11 is 1.56. The van der Waals surface area contributed by atoms with E-state index in [9.17, 15) is 4.79 Å². The van der Waals surface area contributed by atoms with Crippen molar-refractivity contribution in [2.45, 2.75) is 45.6 Å². The summed E-state index contributed by atoms with van der Waals surface area (Å²) in [5.74, 6) is 0.0863. The van der Waals surface area contributed by atoms with E-state index in [-0.39, 0.29) is 5.91 Å². The fourth-order valence-corrected chi connectivity index (χ4v) is 3.66. The lowest BCUT2D eigenvalue weighted by atomic mass is 9.74. The fourth-order valence-electron chi connectivity index (χ4n) is 2.95. The SMILES string of the molecule is CCC1(CC)CCN(C(=O)C(N)c2cccs2)CC1. The Balaban J connectivity index is 1.96. The van der Waals surface area contributed by atoms with Gasteiger partial charge < -0.3 is 10.6 Å². The van der Waals surface area contributed by atoms with Gasteiger partial charge in [0.15, 0.2) is 0 Å². The molecule has 19 heavy (non-hydrogen) atoms. The summed E-state index contributed by atoms with van der Waals surface area (Å²) < 4.78 is 0. The molecule has 0 radical (unpaired) electrons. The summed E-state index contributed by atoms with van der Waals surface area (Å²) in [6, 6.07) is 3.41. The van der Waals surface area contributed by atoms with Crippen molar-refractivity contribution >= 4 is 17.2 Å². The number of nitrogens with two attached hydrogens (primary N) is 1. The first-order chi connectivity index (χ1) is 9.12. The van der Waals surface area contributed by atoms with Gasteiger partial charge in [-0.15, -0.1) is 11.3 Å². The van der Waals surface area contributed by atoms with Gasteiger partial charge >= 0.3 is 0 Å². The Kier molecular flexibility index (Phi) is 4.63. The van der Waals surface area contributed by atoms with Crippen LogP contribution in [-0.2, 0) is 4.79 Å². The van der Waals surface area contributed by atoms with E-state index in [0.29, 0.717) is 5.41 Å². The molecule has 0 bridgehead atoms. The van der Waals surface area contributed by atoms with Crippen molar-refractivity contribution < 1.29 is 4.79 Å². The van der Waals surface area contributed by atoms with Crippen LogP contribution in [0.2, 0.25) is 0 Å². The molecule has 1 atom stereocenters. The molecule has 2 heterocycles. The molecule has 1 unspecified atom stereocenters. The van der Waals surface area contributed by atoms with Gasteiger partial charge in [0, 0.05) is 18.0 Å². The van der Waals surface area contributed by atoms with Crippen LogP contribution in [0.3, 0.4) is 0 Å². The van der Waals surface area contributed by atoms with Crippen molar-refractivity contribution in [2.24, 2.45) is 11.1 Å². The maximum Gasteiger partial charge on any atom is 0.244 e. The second-order valence-corrected chi connectivity index (χ2v) is 6.50. The maximum absolute atomic E-state index is 12.4. The molecule has 1 saturated heterocycles. The summed E-state index contributed by atoms with van der Waals surface area (Å²) in [6.07, 6.45) is 4.65. The van der Waals surface area contributed by atoms with Crippen molar-refractivity contribution in [1.29, 1.82) is 0 Å². The van der Waals surface area contributed by atoms with E-state index in [4.69, 9.17) is 5.73 Å². The van der Waals surface area contributed by atoms with Crippen molar-refractivity contribution in [1.82, 2.24) is 4.90 Å². The predicted molar refractivity (Wildman–Crippen MR) is 80.1 cm³/mol. The first kappa shape index (κ1) is 14.5. The highest BCUT2D eigenvalue weighted by atomic mass is 32.1. The second-order valence-electron chi connectivity index (χ2n) is 5.53. The summed E-state index contributed by atoms with van der Waals surface area (Å²) in [4.78, 5) is 15.3. The van der Waals surface area contributed by atoms with E-state index in [1.807, 2.05) is 22.4 Å². The number of amides is 1. The number of carbonyl (C=O) groups excluding carboxylic acids is 1. The monoisotopic (exact) mass is 280 g/mol. The highest BCUT2D eigenvalue weighted by Crippen LogP contribution is 2.38. The van der Waals surface area contributed by atoms with Gasteiger partial charge in [-0.3, -0.25) is 4.79 Å². The molecular formula is C15H24N2OS. The van der Waals surface area contributed by atoms with Gasteiger partial charge in [0.05, 0.1) is 0 Å². The molecule has 4 heteroatoms. The zero-order valence-electron chi connectivity index (χ0n) is 11.9. The molecular weight excluding hydrogens is 256 g/mol. The van der Waals surface area contributed by atoms with Gasteiger partial charge in [-0.1, -0.05) is 32.8 Å². The summed E-state index contributed by atoms with van der Waals surface area (Å²) in [5, 5.41) is 1.97. The van der Waals surface area contributed by atoms with Crippen molar-refractivity contribution in [3.8, 4) is 0 Å². The molecule has 1 amide bonds. The Morgan fingerprint density at radius 2 is 2.05 bits per heavy atom. The second kappa shape index (κ2) is 6.06. The number of nitrogens with zero attached hydrogens (tertiary/aromatic N) is 1. The molecule has 0 saturated carbocycles. The molecule has 0 aliphatic carbocycles. The lowest BCUT2D eigenvalue weighted by Gasteiger charge is -2.41. The number of piperidine rings is 1. The number of carbonyl (C=O) groups is 1. The topological polar surface area (TPSA) is 46.3 Å². The third-order valence-corrected chi connectivity index (χ3v) is 5.71. The first-order valence-electron chi connectivity index (χ1n) is 7.19. The molecule has 1 aliphatic rings. The summed E-state index contributed by atoms with van der Waals surface area (Å²) in [6.45, 7) is 6.25. The van der Waals surface area contributed by atoms with Gasteiger partial charge in [-0.05, 0) is 29.7 Å². The van der Waals surface area contributed by atoms with Crippen LogP contribution >= 0.6 is 11.3 Å². The number of hydrogen-bond acceptors (Lipinski definition) is 3. The summed E-state index contributed by atoms with van der Waals surface area (Å²) in [5.41, 5.74) is 6.51. The van der Waals surface area contributed by atoms with Crippen LogP contribution < -0.4 is 5.73 Å². The number of thiophene rings is 1. The van der Waals surface area contributed by atoms with Crippen LogP contribution in [-0.4, -0.2) is 23.9 Å². The molecule has 106 valence electrons. The third-order valence-electron chi connectivity index (χ3n) is 4.75. The van der Waals surface area contributed by atoms with Crippen LogP contribution in [0.15, 0.2) is 17.5 Å². The molecule has 0 aromatic carbocycles. The van der Waals surface area contributed by atoms with E-state index in [0.717, 1.165) is 30.8 Å². The number of likely N-dealkylation sites (tertiary alicyclic amines) is 1. The zero-order valence-corrected chi connectivity index (χ0v) is 12.7. The average molecular weight is 280 g/mol. The predicted octanol–water partition coefficient (Wildman–Crippen LogP) is 3.18. The molecule has 1 fully saturated rings. The molecule has 1 aromatic heterocycles. The fraction of sp³-hybridized carbons (Fsp3) is 0.667. The van der Waals surface area contributed by atoms with Crippen molar-refractivity contribution in [2.75, 3.05) is 13.1 Å². The average Bonchev–Trinajstić information content (AvgIpc) is 3.00. The normalized spacial score (nSPS) is 20.3. The Labute approximate surface area is 119 Å². The van der Waals surface area contributed by atoms with Gasteiger partial charge in [-0.2, -0.15) is 0 Å². The Hall–Kier alpha value is -0.870. The minimum absolute atomic E-state index is 0.0863. The van der Waals surface area contributed by atoms with E-state index in [2.05, 4.69) is 13.8 Å². The Morgan fingerprint density at radius 1 is 1.42 bits per heavy atom. The molecule has 2 N–H and O–H groups in total. The van der Waals surface area contributed by atoms with Crippen molar-refractivity contribution in [3.05, 3.63) is 22.4 Å². The van der Waals surface area contributed by atoms with Gasteiger partial charge in [0.25, 0.3) is 0 Å². The quantitative estimate of drug-likeness (QED) is 0.920. The lowest BCUT2D eigenvalue weighted by molar-refractivity contribution is -0.135. The molecule has 2 rings (SSSR count). The smallest absolute Gasteiger partial charge is 0.244 e. The van der Waals surface area contributed by atoms with Crippen LogP contribution in [0.5, 0.6) is 0 Å². The minimum atomic E-state index is -0.476. The Bertz CT molecular complexity index is 402. The van der Waals surface area contributed by atoms with Crippen LogP contribution in [0.25, 0.3) is 0 Å². The van der Waals surface area contributed by atoms with Crippen LogP contribution in [0, 0.1) is 5.41 Å². The molecule has 3 nitrogen and oxygen atoms in total. The third kappa shape index (κ3) is 3.00. The highest BCUT2D eigenvalue weighted by Gasteiger charge is 2.34.